The van der Waals surface area contributed by atoms with Crippen molar-refractivity contribution in [2.75, 3.05) is 11.9 Å². The van der Waals surface area contributed by atoms with Gasteiger partial charge in [-0.25, -0.2) is 4.39 Å². The molecule has 100 valence electrons. The summed E-state index contributed by atoms with van der Waals surface area (Å²) in [5, 5.41) is 9.34. The summed E-state index contributed by atoms with van der Waals surface area (Å²) in [4.78, 5) is 1.91. The van der Waals surface area contributed by atoms with Crippen LogP contribution in [-0.2, 0) is 6.61 Å². The van der Waals surface area contributed by atoms with E-state index in [-0.39, 0.29) is 12.4 Å². The average molecular weight is 259 g/mol. The molecule has 0 amide bonds. The first kappa shape index (κ1) is 13.6. The number of anilines is 2. The SMILES string of the molecule is Cc1ccc(N(C)c2cccc(F)c2CO)c(C)c1. The lowest BCUT2D eigenvalue weighted by Gasteiger charge is -2.24. The summed E-state index contributed by atoms with van der Waals surface area (Å²) in [5.74, 6) is -0.378. The summed E-state index contributed by atoms with van der Waals surface area (Å²) in [6.07, 6.45) is 0. The zero-order chi connectivity index (χ0) is 14.0. The van der Waals surface area contributed by atoms with Crippen molar-refractivity contribution in [2.45, 2.75) is 20.5 Å². The van der Waals surface area contributed by atoms with Crippen LogP contribution >= 0.6 is 0 Å². The molecular weight excluding hydrogens is 241 g/mol. The number of nitrogens with zero attached hydrogens (tertiary/aromatic N) is 1. The molecule has 0 aliphatic carbocycles. The molecule has 2 aromatic rings. The van der Waals surface area contributed by atoms with Crippen LogP contribution in [0.3, 0.4) is 0 Å². The van der Waals surface area contributed by atoms with Crippen LogP contribution in [0.1, 0.15) is 16.7 Å². The first-order chi connectivity index (χ1) is 9.04. The van der Waals surface area contributed by atoms with Crippen molar-refractivity contribution in [3.05, 3.63) is 58.9 Å². The largest absolute Gasteiger partial charge is 0.391 e. The molecule has 0 saturated heterocycles. The maximum absolute atomic E-state index is 13.7. The van der Waals surface area contributed by atoms with E-state index >= 15 is 0 Å². The van der Waals surface area contributed by atoms with E-state index in [0.29, 0.717) is 11.3 Å². The Morgan fingerprint density at radius 1 is 1.11 bits per heavy atom. The quantitative estimate of drug-likeness (QED) is 0.908. The molecule has 2 nitrogen and oxygen atoms in total. The van der Waals surface area contributed by atoms with E-state index in [9.17, 15) is 9.50 Å². The maximum atomic E-state index is 13.7. The van der Waals surface area contributed by atoms with Gasteiger partial charge in [0.2, 0.25) is 0 Å². The Bertz CT molecular complexity index is 595. The summed E-state index contributed by atoms with van der Waals surface area (Å²) in [6.45, 7) is 3.76. The number of hydrogen-bond donors (Lipinski definition) is 1. The van der Waals surface area contributed by atoms with Crippen LogP contribution in [0, 0.1) is 19.7 Å². The summed E-state index contributed by atoms with van der Waals surface area (Å²) in [6, 6.07) is 11.0. The molecule has 0 radical (unpaired) electrons. The Hall–Kier alpha value is -1.87. The van der Waals surface area contributed by atoms with Gasteiger partial charge in [-0.2, -0.15) is 0 Å². The first-order valence-electron chi connectivity index (χ1n) is 6.24. The number of hydrogen-bond acceptors (Lipinski definition) is 2. The average Bonchev–Trinajstić information content (AvgIpc) is 2.37. The molecule has 0 spiro atoms. The second-order valence-electron chi connectivity index (χ2n) is 4.74. The predicted molar refractivity (Wildman–Crippen MR) is 76.3 cm³/mol. The molecule has 2 aromatic carbocycles. The first-order valence-corrected chi connectivity index (χ1v) is 6.24. The fourth-order valence-corrected chi connectivity index (χ4v) is 2.33. The van der Waals surface area contributed by atoms with E-state index in [0.717, 1.165) is 11.3 Å². The van der Waals surface area contributed by atoms with Crippen molar-refractivity contribution >= 4 is 11.4 Å². The Balaban J connectivity index is 2.50. The molecule has 0 aliphatic rings. The number of halogens is 1. The molecule has 19 heavy (non-hydrogen) atoms. The van der Waals surface area contributed by atoms with Gasteiger partial charge in [0.05, 0.1) is 6.61 Å². The topological polar surface area (TPSA) is 23.5 Å². The molecule has 0 fully saturated rings. The van der Waals surface area contributed by atoms with Gasteiger partial charge >= 0.3 is 0 Å². The third-order valence-corrected chi connectivity index (χ3v) is 3.33. The highest BCUT2D eigenvalue weighted by atomic mass is 19.1. The lowest BCUT2D eigenvalue weighted by molar-refractivity contribution is 0.276. The van der Waals surface area contributed by atoms with Gasteiger partial charge in [-0.1, -0.05) is 23.8 Å². The van der Waals surface area contributed by atoms with Gasteiger partial charge in [0, 0.05) is 24.0 Å². The van der Waals surface area contributed by atoms with Gasteiger partial charge in [-0.3, -0.25) is 0 Å². The van der Waals surface area contributed by atoms with Gasteiger partial charge in [0.25, 0.3) is 0 Å². The molecule has 0 aliphatic heterocycles. The van der Waals surface area contributed by atoms with Crippen molar-refractivity contribution < 1.29 is 9.50 Å². The van der Waals surface area contributed by atoms with E-state index in [2.05, 4.69) is 6.07 Å². The molecule has 0 saturated carbocycles. The second-order valence-corrected chi connectivity index (χ2v) is 4.74. The molecule has 3 heteroatoms. The predicted octanol–water partition coefficient (Wildman–Crippen LogP) is 3.70. The van der Waals surface area contributed by atoms with Crippen LogP contribution in [0.5, 0.6) is 0 Å². The third-order valence-electron chi connectivity index (χ3n) is 3.33. The normalized spacial score (nSPS) is 10.6. The molecule has 0 unspecified atom stereocenters. The van der Waals surface area contributed by atoms with Crippen molar-refractivity contribution in [1.29, 1.82) is 0 Å². The molecule has 0 atom stereocenters. The summed E-state index contributed by atoms with van der Waals surface area (Å²) in [7, 11) is 1.88. The highest BCUT2D eigenvalue weighted by molar-refractivity contribution is 5.68. The van der Waals surface area contributed by atoms with Crippen LogP contribution in [0.4, 0.5) is 15.8 Å². The smallest absolute Gasteiger partial charge is 0.130 e. The zero-order valence-corrected chi connectivity index (χ0v) is 11.4. The van der Waals surface area contributed by atoms with Crippen LogP contribution in [0.15, 0.2) is 36.4 Å². The summed E-state index contributed by atoms with van der Waals surface area (Å²) in [5.41, 5.74) is 4.33. The number of rotatable bonds is 3. The van der Waals surface area contributed by atoms with Gasteiger partial charge < -0.3 is 10.0 Å². The number of aryl methyl sites for hydroxylation is 2. The molecule has 0 bridgehead atoms. The minimum absolute atomic E-state index is 0.308. The molecule has 0 heterocycles. The minimum atomic E-state index is -0.378. The van der Waals surface area contributed by atoms with Gasteiger partial charge in [0.15, 0.2) is 0 Å². The lowest BCUT2D eigenvalue weighted by Crippen LogP contribution is -2.14. The number of benzene rings is 2. The van der Waals surface area contributed by atoms with Crippen molar-refractivity contribution in [2.24, 2.45) is 0 Å². The summed E-state index contributed by atoms with van der Waals surface area (Å²) < 4.78 is 13.7. The van der Waals surface area contributed by atoms with Crippen molar-refractivity contribution in [3.63, 3.8) is 0 Å². The monoisotopic (exact) mass is 259 g/mol. The Morgan fingerprint density at radius 3 is 2.47 bits per heavy atom. The molecule has 1 N–H and O–H groups in total. The second kappa shape index (κ2) is 5.41. The van der Waals surface area contributed by atoms with Crippen LogP contribution in [0.25, 0.3) is 0 Å². The number of aliphatic hydroxyl groups excluding tert-OH is 1. The van der Waals surface area contributed by atoms with Gasteiger partial charge in [-0.05, 0) is 37.6 Å². The molecule has 2 rings (SSSR count). The summed E-state index contributed by atoms with van der Waals surface area (Å²) >= 11 is 0. The Kier molecular flexibility index (Phi) is 3.86. The van der Waals surface area contributed by atoms with E-state index in [4.69, 9.17) is 0 Å². The van der Waals surface area contributed by atoms with Gasteiger partial charge in [-0.15, -0.1) is 0 Å². The Labute approximate surface area is 113 Å². The molecular formula is C16H18FNO. The van der Waals surface area contributed by atoms with Crippen LogP contribution < -0.4 is 4.90 Å². The zero-order valence-electron chi connectivity index (χ0n) is 11.4. The van der Waals surface area contributed by atoms with Crippen molar-refractivity contribution in [3.8, 4) is 0 Å². The van der Waals surface area contributed by atoms with Crippen molar-refractivity contribution in [1.82, 2.24) is 0 Å². The van der Waals surface area contributed by atoms with Crippen LogP contribution in [0.2, 0.25) is 0 Å². The van der Waals surface area contributed by atoms with E-state index in [1.807, 2.05) is 44.0 Å². The lowest BCUT2D eigenvalue weighted by atomic mass is 10.1. The fraction of sp³-hybridized carbons (Fsp3) is 0.250. The molecule has 0 aromatic heterocycles. The van der Waals surface area contributed by atoms with E-state index in [1.54, 1.807) is 6.07 Å². The van der Waals surface area contributed by atoms with E-state index < -0.39 is 0 Å². The van der Waals surface area contributed by atoms with E-state index in [1.165, 1.54) is 11.6 Å². The standard InChI is InChI=1S/C16H18FNO/c1-11-7-8-15(12(2)9-11)18(3)16-6-4-5-14(17)13(16)10-19/h4-9,19H,10H2,1-3H3. The highest BCUT2D eigenvalue weighted by Crippen LogP contribution is 2.31. The van der Waals surface area contributed by atoms with Gasteiger partial charge in [0.1, 0.15) is 5.82 Å². The highest BCUT2D eigenvalue weighted by Gasteiger charge is 2.13. The minimum Gasteiger partial charge on any atom is -0.391 e. The fourth-order valence-electron chi connectivity index (χ4n) is 2.33. The Morgan fingerprint density at radius 2 is 1.84 bits per heavy atom. The van der Waals surface area contributed by atoms with Crippen LogP contribution in [-0.4, -0.2) is 12.2 Å². The maximum Gasteiger partial charge on any atom is 0.130 e. The third kappa shape index (κ3) is 2.61. The number of aliphatic hydroxyl groups is 1.